The molecule has 1 aromatic heterocycles. The number of anilines is 2. The highest BCUT2D eigenvalue weighted by atomic mass is 16.2. The van der Waals surface area contributed by atoms with E-state index in [0.717, 1.165) is 0 Å². The summed E-state index contributed by atoms with van der Waals surface area (Å²) in [6, 6.07) is 5.29. The van der Waals surface area contributed by atoms with Gasteiger partial charge in [-0.15, -0.1) is 6.58 Å². The average molecular weight is 203 g/mol. The molecule has 0 bridgehead atoms. The minimum absolute atomic E-state index is 0.0815. The van der Waals surface area contributed by atoms with E-state index in [1.807, 2.05) is 6.08 Å². The number of nitrogens with two attached hydrogens (primary N) is 1. The summed E-state index contributed by atoms with van der Waals surface area (Å²) in [6.07, 6.45) is 2.32. The Labute approximate surface area is 88.4 Å². The number of nitrogens with zero attached hydrogens (tertiary/aromatic N) is 2. The molecule has 0 aliphatic carbocycles. The molecule has 1 aliphatic rings. The Bertz CT molecular complexity index is 403. The highest BCUT2D eigenvalue weighted by Crippen LogP contribution is 2.24. The predicted molar refractivity (Wildman–Crippen MR) is 59.3 cm³/mol. The molecule has 1 aromatic rings. The number of aromatic nitrogens is 1. The molecule has 1 amide bonds. The van der Waals surface area contributed by atoms with Gasteiger partial charge in [0.1, 0.15) is 11.6 Å². The first kappa shape index (κ1) is 9.71. The Hall–Kier alpha value is -1.84. The van der Waals surface area contributed by atoms with Gasteiger partial charge in [0.25, 0.3) is 0 Å². The number of nitrogen functional groups attached to an aromatic ring is 1. The fourth-order valence-corrected chi connectivity index (χ4v) is 1.70. The third-order valence-corrected chi connectivity index (χ3v) is 2.52. The van der Waals surface area contributed by atoms with Crippen molar-refractivity contribution in [3.63, 3.8) is 0 Å². The van der Waals surface area contributed by atoms with Crippen LogP contribution in [0.2, 0.25) is 0 Å². The van der Waals surface area contributed by atoms with Crippen LogP contribution in [0.25, 0.3) is 0 Å². The van der Waals surface area contributed by atoms with Crippen molar-refractivity contribution in [3.8, 4) is 0 Å². The van der Waals surface area contributed by atoms with E-state index in [0.29, 0.717) is 24.6 Å². The summed E-state index contributed by atoms with van der Waals surface area (Å²) in [6.45, 7) is 4.35. The maximum atomic E-state index is 11.7. The second-order valence-electron chi connectivity index (χ2n) is 3.62. The lowest BCUT2D eigenvalue weighted by Gasteiger charge is -2.14. The predicted octanol–water partition coefficient (Wildman–Crippen LogP) is 1.20. The molecule has 1 saturated heterocycles. The molecular weight excluding hydrogens is 190 g/mol. The smallest absolute Gasteiger partial charge is 0.228 e. The Morgan fingerprint density at radius 1 is 1.60 bits per heavy atom. The third-order valence-electron chi connectivity index (χ3n) is 2.52. The Morgan fingerprint density at radius 3 is 3.00 bits per heavy atom. The van der Waals surface area contributed by atoms with Gasteiger partial charge in [-0.05, 0) is 12.1 Å². The van der Waals surface area contributed by atoms with Gasteiger partial charge in [-0.25, -0.2) is 4.98 Å². The fourth-order valence-electron chi connectivity index (χ4n) is 1.70. The summed E-state index contributed by atoms with van der Waals surface area (Å²) in [7, 11) is 0. The Balaban J connectivity index is 2.25. The van der Waals surface area contributed by atoms with Crippen LogP contribution in [-0.4, -0.2) is 17.4 Å². The molecule has 0 spiro atoms. The summed E-state index contributed by atoms with van der Waals surface area (Å²) in [5.74, 6) is 1.37. The molecular formula is C11H13N3O. The number of carbonyl (C=O) groups excluding carboxylic acids is 1. The number of hydrogen-bond donors (Lipinski definition) is 1. The minimum atomic E-state index is 0.0815. The number of amides is 1. The van der Waals surface area contributed by atoms with Crippen molar-refractivity contribution in [2.45, 2.75) is 6.42 Å². The van der Waals surface area contributed by atoms with Crippen LogP contribution in [0.1, 0.15) is 6.42 Å². The van der Waals surface area contributed by atoms with E-state index in [1.165, 1.54) is 0 Å². The molecule has 4 heteroatoms. The molecule has 0 radical (unpaired) electrons. The molecule has 1 fully saturated rings. The second-order valence-corrected chi connectivity index (χ2v) is 3.62. The first-order valence-corrected chi connectivity index (χ1v) is 4.86. The van der Waals surface area contributed by atoms with Gasteiger partial charge in [-0.3, -0.25) is 9.69 Å². The monoisotopic (exact) mass is 203 g/mol. The van der Waals surface area contributed by atoms with Crippen LogP contribution in [0.5, 0.6) is 0 Å². The highest BCUT2D eigenvalue weighted by Gasteiger charge is 2.29. The molecule has 2 N–H and O–H groups in total. The molecule has 1 atom stereocenters. The van der Waals surface area contributed by atoms with Crippen molar-refractivity contribution in [3.05, 3.63) is 30.9 Å². The standard InChI is InChI=1S/C11H13N3O/c1-2-8-6-11(15)14(7-8)10-5-3-4-9(12)13-10/h2-5,8H,1,6-7H2,(H2,12,13). The number of hydrogen-bond acceptors (Lipinski definition) is 3. The first-order valence-electron chi connectivity index (χ1n) is 4.86. The normalized spacial score (nSPS) is 20.7. The molecule has 1 aliphatic heterocycles. The van der Waals surface area contributed by atoms with Gasteiger partial charge < -0.3 is 5.73 Å². The van der Waals surface area contributed by atoms with Crippen LogP contribution >= 0.6 is 0 Å². The first-order chi connectivity index (χ1) is 7.20. The summed E-state index contributed by atoms with van der Waals surface area (Å²) in [5, 5.41) is 0. The quantitative estimate of drug-likeness (QED) is 0.735. The van der Waals surface area contributed by atoms with E-state index in [1.54, 1.807) is 23.1 Å². The van der Waals surface area contributed by atoms with Crippen molar-refractivity contribution in [1.29, 1.82) is 0 Å². The zero-order valence-corrected chi connectivity index (χ0v) is 8.39. The largest absolute Gasteiger partial charge is 0.384 e. The van der Waals surface area contributed by atoms with Crippen LogP contribution in [0, 0.1) is 5.92 Å². The van der Waals surface area contributed by atoms with Crippen molar-refractivity contribution in [2.24, 2.45) is 5.92 Å². The summed E-state index contributed by atoms with van der Waals surface area (Å²) in [5.41, 5.74) is 5.57. The lowest BCUT2D eigenvalue weighted by Crippen LogP contribution is -2.25. The lowest BCUT2D eigenvalue weighted by molar-refractivity contribution is -0.117. The van der Waals surface area contributed by atoms with Crippen LogP contribution in [0.4, 0.5) is 11.6 Å². The third kappa shape index (κ3) is 1.83. The highest BCUT2D eigenvalue weighted by molar-refractivity contribution is 5.95. The second kappa shape index (κ2) is 3.73. The van der Waals surface area contributed by atoms with Crippen molar-refractivity contribution < 1.29 is 4.79 Å². The summed E-state index contributed by atoms with van der Waals surface area (Å²) < 4.78 is 0. The van der Waals surface area contributed by atoms with E-state index in [-0.39, 0.29) is 11.8 Å². The number of rotatable bonds is 2. The van der Waals surface area contributed by atoms with Gasteiger partial charge in [-0.1, -0.05) is 12.1 Å². The molecule has 0 aromatic carbocycles. The van der Waals surface area contributed by atoms with Crippen LogP contribution in [0.3, 0.4) is 0 Å². The maximum absolute atomic E-state index is 11.7. The van der Waals surface area contributed by atoms with Gasteiger partial charge in [0.15, 0.2) is 0 Å². The van der Waals surface area contributed by atoms with E-state index >= 15 is 0 Å². The summed E-state index contributed by atoms with van der Waals surface area (Å²) in [4.78, 5) is 17.4. The van der Waals surface area contributed by atoms with Crippen molar-refractivity contribution >= 4 is 17.5 Å². The Morgan fingerprint density at radius 2 is 2.40 bits per heavy atom. The number of pyridine rings is 1. The van der Waals surface area contributed by atoms with Gasteiger partial charge in [0.05, 0.1) is 0 Å². The SMILES string of the molecule is C=CC1CC(=O)N(c2cccc(N)n2)C1. The van der Waals surface area contributed by atoms with Gasteiger partial charge in [0, 0.05) is 18.9 Å². The minimum Gasteiger partial charge on any atom is -0.384 e. The number of carbonyl (C=O) groups is 1. The van der Waals surface area contributed by atoms with Crippen LogP contribution in [0.15, 0.2) is 30.9 Å². The lowest BCUT2D eigenvalue weighted by atomic mass is 10.1. The van der Waals surface area contributed by atoms with Crippen molar-refractivity contribution in [2.75, 3.05) is 17.2 Å². The van der Waals surface area contributed by atoms with Crippen LogP contribution in [-0.2, 0) is 4.79 Å². The van der Waals surface area contributed by atoms with E-state index in [2.05, 4.69) is 11.6 Å². The van der Waals surface area contributed by atoms with Gasteiger partial charge >= 0.3 is 0 Å². The molecule has 0 saturated carbocycles. The van der Waals surface area contributed by atoms with Gasteiger partial charge in [-0.2, -0.15) is 0 Å². The van der Waals surface area contributed by atoms with E-state index in [9.17, 15) is 4.79 Å². The molecule has 2 heterocycles. The van der Waals surface area contributed by atoms with Crippen molar-refractivity contribution in [1.82, 2.24) is 4.98 Å². The topological polar surface area (TPSA) is 59.2 Å². The van der Waals surface area contributed by atoms with Crippen LogP contribution < -0.4 is 10.6 Å². The molecule has 2 rings (SSSR count). The van der Waals surface area contributed by atoms with E-state index in [4.69, 9.17) is 5.73 Å². The zero-order valence-electron chi connectivity index (χ0n) is 8.39. The van der Waals surface area contributed by atoms with Gasteiger partial charge in [0.2, 0.25) is 5.91 Å². The molecule has 4 nitrogen and oxygen atoms in total. The molecule has 15 heavy (non-hydrogen) atoms. The Kier molecular flexibility index (Phi) is 2.41. The average Bonchev–Trinajstić information content (AvgIpc) is 2.60. The van der Waals surface area contributed by atoms with E-state index < -0.39 is 0 Å². The molecule has 1 unspecified atom stereocenters. The fraction of sp³-hybridized carbons (Fsp3) is 0.273. The summed E-state index contributed by atoms with van der Waals surface area (Å²) >= 11 is 0. The zero-order chi connectivity index (χ0) is 10.8. The maximum Gasteiger partial charge on any atom is 0.228 e. The molecule has 78 valence electrons.